The zero-order valence-electron chi connectivity index (χ0n) is 18.9. The lowest BCUT2D eigenvalue weighted by Crippen LogP contribution is -2.33. The van der Waals surface area contributed by atoms with Crippen molar-refractivity contribution < 1.29 is 19.0 Å². The molecule has 0 fully saturated rings. The molecule has 3 aromatic rings. The molecule has 6 nitrogen and oxygen atoms in total. The van der Waals surface area contributed by atoms with Gasteiger partial charge in [-0.3, -0.25) is 4.79 Å². The van der Waals surface area contributed by atoms with Crippen LogP contribution in [0.4, 0.5) is 0 Å². The van der Waals surface area contributed by atoms with E-state index in [2.05, 4.69) is 17.5 Å². The average Bonchev–Trinajstić information content (AvgIpc) is 2.84. The molecule has 172 valence electrons. The first-order chi connectivity index (χ1) is 16.0. The molecule has 3 rings (SSSR count). The van der Waals surface area contributed by atoms with E-state index < -0.39 is 6.10 Å². The smallest absolute Gasteiger partial charge is 0.280 e. The van der Waals surface area contributed by atoms with Crippen LogP contribution in [0.1, 0.15) is 30.5 Å². The molecule has 0 aliphatic heterocycles. The van der Waals surface area contributed by atoms with Crippen LogP contribution >= 0.6 is 11.6 Å². The first-order valence-electron chi connectivity index (χ1n) is 10.6. The Morgan fingerprint density at radius 3 is 2.55 bits per heavy atom. The van der Waals surface area contributed by atoms with Gasteiger partial charge < -0.3 is 14.2 Å². The number of halogens is 1. The van der Waals surface area contributed by atoms with Gasteiger partial charge in [-0.05, 0) is 60.9 Å². The van der Waals surface area contributed by atoms with Crippen LogP contribution in [0.15, 0.2) is 71.8 Å². The lowest BCUT2D eigenvalue weighted by molar-refractivity contribution is -0.127. The molecule has 0 saturated heterocycles. The summed E-state index contributed by atoms with van der Waals surface area (Å²) in [5, 5.41) is 4.67. The summed E-state index contributed by atoms with van der Waals surface area (Å²) in [4.78, 5) is 12.3. The van der Waals surface area contributed by atoms with Crippen molar-refractivity contribution in [3.63, 3.8) is 0 Å². The van der Waals surface area contributed by atoms with E-state index in [1.54, 1.807) is 26.2 Å². The number of benzene rings is 3. The molecule has 1 N–H and O–H groups in total. The molecule has 0 aliphatic carbocycles. The Morgan fingerprint density at radius 2 is 1.85 bits per heavy atom. The molecule has 3 aromatic carbocycles. The number of methoxy groups -OCH3 is 1. The molecule has 0 aromatic heterocycles. The summed E-state index contributed by atoms with van der Waals surface area (Å²) in [7, 11) is 1.56. The number of rotatable bonds is 10. The third-order valence-corrected chi connectivity index (χ3v) is 5.30. The van der Waals surface area contributed by atoms with E-state index in [1.807, 2.05) is 54.6 Å². The Balaban J connectivity index is 1.55. The highest BCUT2D eigenvalue weighted by molar-refractivity contribution is 6.31. The second kappa shape index (κ2) is 11.9. The topological polar surface area (TPSA) is 69.2 Å². The minimum Gasteiger partial charge on any atom is -0.493 e. The standard InChI is InChI=1S/C26H27ClN2O4/c1-4-19-9-12-22(13-10-19)33-18(2)26(30)29-28-16-20-11-14-24(25(15-20)31-3)32-17-21-7-5-6-8-23(21)27/h5-16,18H,4,17H2,1-3H3,(H,29,30). The van der Waals surface area contributed by atoms with Gasteiger partial charge in [-0.2, -0.15) is 5.10 Å². The maximum atomic E-state index is 12.3. The van der Waals surface area contributed by atoms with Crippen LogP contribution in [-0.2, 0) is 17.8 Å². The van der Waals surface area contributed by atoms with Crippen molar-refractivity contribution in [2.45, 2.75) is 33.0 Å². The Hall–Kier alpha value is -3.51. The molecule has 0 spiro atoms. The highest BCUT2D eigenvalue weighted by atomic mass is 35.5. The van der Waals surface area contributed by atoms with E-state index in [0.29, 0.717) is 28.9 Å². The van der Waals surface area contributed by atoms with Crippen LogP contribution in [0.5, 0.6) is 17.2 Å². The monoisotopic (exact) mass is 466 g/mol. The van der Waals surface area contributed by atoms with Gasteiger partial charge in [0.2, 0.25) is 0 Å². The predicted octanol–water partition coefficient (Wildman–Crippen LogP) is 5.41. The molecule has 0 radical (unpaired) electrons. The number of hydrogen-bond donors (Lipinski definition) is 1. The van der Waals surface area contributed by atoms with Crippen molar-refractivity contribution in [3.05, 3.63) is 88.4 Å². The van der Waals surface area contributed by atoms with Gasteiger partial charge >= 0.3 is 0 Å². The van der Waals surface area contributed by atoms with Crippen LogP contribution in [0.3, 0.4) is 0 Å². The van der Waals surface area contributed by atoms with Gasteiger partial charge in [0.25, 0.3) is 5.91 Å². The van der Waals surface area contributed by atoms with Gasteiger partial charge in [-0.25, -0.2) is 5.43 Å². The number of nitrogens with one attached hydrogen (secondary N) is 1. The van der Waals surface area contributed by atoms with Crippen molar-refractivity contribution >= 4 is 23.7 Å². The third kappa shape index (κ3) is 6.99. The number of hydrazone groups is 1. The molecule has 1 amide bonds. The van der Waals surface area contributed by atoms with Crippen molar-refractivity contribution in [1.82, 2.24) is 5.43 Å². The van der Waals surface area contributed by atoms with E-state index >= 15 is 0 Å². The fourth-order valence-electron chi connectivity index (χ4n) is 2.98. The molecule has 0 bridgehead atoms. The number of aryl methyl sites for hydroxylation is 1. The van der Waals surface area contributed by atoms with Gasteiger partial charge in [-0.15, -0.1) is 0 Å². The highest BCUT2D eigenvalue weighted by Crippen LogP contribution is 2.29. The summed E-state index contributed by atoms with van der Waals surface area (Å²) in [5.41, 5.74) is 5.32. The zero-order valence-corrected chi connectivity index (χ0v) is 19.6. The quantitative estimate of drug-likeness (QED) is 0.320. The molecular formula is C26H27ClN2O4. The summed E-state index contributed by atoms with van der Waals surface area (Å²) in [6.45, 7) is 4.08. The first-order valence-corrected chi connectivity index (χ1v) is 11.0. The van der Waals surface area contributed by atoms with Crippen LogP contribution in [0.2, 0.25) is 5.02 Å². The van der Waals surface area contributed by atoms with Crippen LogP contribution in [-0.4, -0.2) is 25.3 Å². The van der Waals surface area contributed by atoms with Gasteiger partial charge in [0, 0.05) is 10.6 Å². The summed E-state index contributed by atoms with van der Waals surface area (Å²) in [6.07, 6.45) is 1.79. The second-order valence-electron chi connectivity index (χ2n) is 7.28. The van der Waals surface area contributed by atoms with Gasteiger partial charge in [0.05, 0.1) is 13.3 Å². The predicted molar refractivity (Wildman–Crippen MR) is 130 cm³/mol. The summed E-state index contributed by atoms with van der Waals surface area (Å²) in [6, 6.07) is 20.5. The number of carbonyl (C=O) groups excluding carboxylic acids is 1. The average molecular weight is 467 g/mol. The fourth-order valence-corrected chi connectivity index (χ4v) is 3.17. The Morgan fingerprint density at radius 1 is 1.09 bits per heavy atom. The third-order valence-electron chi connectivity index (χ3n) is 4.93. The van der Waals surface area contributed by atoms with E-state index in [4.69, 9.17) is 25.8 Å². The SMILES string of the molecule is CCc1ccc(OC(C)C(=O)NN=Cc2ccc(OCc3ccccc3Cl)c(OC)c2)cc1. The lowest BCUT2D eigenvalue weighted by Gasteiger charge is -2.13. The number of amides is 1. The Bertz CT molecular complexity index is 1100. The summed E-state index contributed by atoms with van der Waals surface area (Å²) >= 11 is 6.18. The molecule has 1 unspecified atom stereocenters. The van der Waals surface area contributed by atoms with Gasteiger partial charge in [-0.1, -0.05) is 48.9 Å². The Labute approximate surface area is 199 Å². The summed E-state index contributed by atoms with van der Waals surface area (Å²) < 4.78 is 17.0. The summed E-state index contributed by atoms with van der Waals surface area (Å²) in [5.74, 6) is 1.41. The molecule has 33 heavy (non-hydrogen) atoms. The van der Waals surface area contributed by atoms with E-state index in [9.17, 15) is 4.79 Å². The van der Waals surface area contributed by atoms with Crippen molar-refractivity contribution in [2.24, 2.45) is 5.10 Å². The molecule has 0 saturated carbocycles. The maximum Gasteiger partial charge on any atom is 0.280 e. The molecule has 0 aliphatic rings. The van der Waals surface area contributed by atoms with E-state index in [-0.39, 0.29) is 5.91 Å². The number of nitrogens with zero attached hydrogens (tertiary/aromatic N) is 1. The van der Waals surface area contributed by atoms with E-state index in [1.165, 1.54) is 11.8 Å². The molecule has 7 heteroatoms. The fraction of sp³-hybridized carbons (Fsp3) is 0.231. The van der Waals surface area contributed by atoms with Crippen LogP contribution < -0.4 is 19.6 Å². The number of ether oxygens (including phenoxy) is 3. The second-order valence-corrected chi connectivity index (χ2v) is 7.69. The molecular weight excluding hydrogens is 440 g/mol. The molecule has 0 heterocycles. The minimum absolute atomic E-state index is 0.318. The van der Waals surface area contributed by atoms with Gasteiger partial charge in [0.1, 0.15) is 12.4 Å². The van der Waals surface area contributed by atoms with Gasteiger partial charge in [0.15, 0.2) is 17.6 Å². The maximum absolute atomic E-state index is 12.3. The number of hydrogen-bond acceptors (Lipinski definition) is 5. The Kier molecular flexibility index (Phi) is 8.72. The van der Waals surface area contributed by atoms with Crippen molar-refractivity contribution in [1.29, 1.82) is 0 Å². The zero-order chi connectivity index (χ0) is 23.6. The molecule has 1 atom stereocenters. The van der Waals surface area contributed by atoms with E-state index in [0.717, 1.165) is 17.5 Å². The largest absolute Gasteiger partial charge is 0.493 e. The van der Waals surface area contributed by atoms with Crippen molar-refractivity contribution in [3.8, 4) is 17.2 Å². The minimum atomic E-state index is -0.690. The van der Waals surface area contributed by atoms with Crippen molar-refractivity contribution in [2.75, 3.05) is 7.11 Å². The first kappa shape index (κ1) is 24.1. The highest BCUT2D eigenvalue weighted by Gasteiger charge is 2.14. The van der Waals surface area contributed by atoms with Crippen LogP contribution in [0.25, 0.3) is 0 Å². The lowest BCUT2D eigenvalue weighted by atomic mass is 10.2. The normalized spacial score (nSPS) is 11.8. The number of carbonyl (C=O) groups is 1. The van der Waals surface area contributed by atoms with Crippen LogP contribution in [0, 0.1) is 0 Å².